The molecular weight excluding hydrogens is 378 g/mol. The maximum absolute atomic E-state index is 12.6. The Morgan fingerprint density at radius 1 is 1.17 bits per heavy atom. The molecule has 1 aromatic carbocycles. The third kappa shape index (κ3) is 8.25. The summed E-state index contributed by atoms with van der Waals surface area (Å²) in [4.78, 5) is 16.6. The summed E-state index contributed by atoms with van der Waals surface area (Å²) in [7, 11) is 0. The van der Waals surface area contributed by atoms with Crippen molar-refractivity contribution in [3.8, 4) is 5.75 Å². The SMILES string of the molecule is CCNC(=NCc1cc(C)ccc1OC(F)F)NCCNC(=O)C1CCCCC1. The zero-order valence-electron chi connectivity index (χ0n) is 17.3. The Balaban J connectivity index is 1.86. The molecule has 0 unspecified atom stereocenters. The van der Waals surface area contributed by atoms with Crippen molar-refractivity contribution in [2.45, 2.75) is 59.1 Å². The van der Waals surface area contributed by atoms with E-state index in [9.17, 15) is 13.6 Å². The lowest BCUT2D eigenvalue weighted by Crippen LogP contribution is -2.42. The highest BCUT2D eigenvalue weighted by atomic mass is 19.3. The number of aliphatic imine (C=N–C) groups is 1. The summed E-state index contributed by atoms with van der Waals surface area (Å²) in [5.41, 5.74) is 1.54. The summed E-state index contributed by atoms with van der Waals surface area (Å²) in [5, 5.41) is 9.25. The number of carbonyl (C=O) groups is 1. The molecule has 1 aromatic rings. The van der Waals surface area contributed by atoms with Crippen LogP contribution in [0.2, 0.25) is 0 Å². The second-order valence-corrected chi connectivity index (χ2v) is 7.24. The molecule has 29 heavy (non-hydrogen) atoms. The molecular formula is C21H32F2N4O2. The fourth-order valence-electron chi connectivity index (χ4n) is 3.42. The largest absolute Gasteiger partial charge is 0.434 e. The topological polar surface area (TPSA) is 74.8 Å². The average molecular weight is 411 g/mol. The van der Waals surface area contributed by atoms with Gasteiger partial charge in [0.15, 0.2) is 5.96 Å². The van der Waals surface area contributed by atoms with E-state index in [1.807, 2.05) is 13.8 Å². The van der Waals surface area contributed by atoms with Crippen molar-refractivity contribution in [2.24, 2.45) is 10.9 Å². The number of hydrogen-bond donors (Lipinski definition) is 3. The number of aryl methyl sites for hydroxylation is 1. The predicted octanol–water partition coefficient (Wildman–Crippen LogP) is 3.35. The van der Waals surface area contributed by atoms with Crippen LogP contribution in [-0.2, 0) is 11.3 Å². The number of halogens is 2. The summed E-state index contributed by atoms with van der Waals surface area (Å²) in [6.07, 6.45) is 5.43. The summed E-state index contributed by atoms with van der Waals surface area (Å²) < 4.78 is 29.8. The fourth-order valence-corrected chi connectivity index (χ4v) is 3.42. The van der Waals surface area contributed by atoms with Gasteiger partial charge in [-0.2, -0.15) is 8.78 Å². The van der Waals surface area contributed by atoms with E-state index in [2.05, 4.69) is 25.7 Å². The van der Waals surface area contributed by atoms with Crippen LogP contribution in [0, 0.1) is 12.8 Å². The van der Waals surface area contributed by atoms with E-state index < -0.39 is 6.61 Å². The number of carbonyl (C=O) groups excluding carboxylic acids is 1. The van der Waals surface area contributed by atoms with Gasteiger partial charge in [0, 0.05) is 31.1 Å². The van der Waals surface area contributed by atoms with Gasteiger partial charge in [0.1, 0.15) is 5.75 Å². The van der Waals surface area contributed by atoms with Gasteiger partial charge in [-0.1, -0.05) is 37.0 Å². The van der Waals surface area contributed by atoms with Gasteiger partial charge in [0.05, 0.1) is 6.54 Å². The summed E-state index contributed by atoms with van der Waals surface area (Å²) in [6.45, 7) is 2.85. The molecule has 0 radical (unpaired) electrons. The highest BCUT2D eigenvalue weighted by Crippen LogP contribution is 2.24. The lowest BCUT2D eigenvalue weighted by molar-refractivity contribution is -0.125. The molecule has 1 aliphatic carbocycles. The molecule has 0 saturated heterocycles. The van der Waals surface area contributed by atoms with Crippen LogP contribution in [0.4, 0.5) is 8.78 Å². The van der Waals surface area contributed by atoms with Gasteiger partial charge >= 0.3 is 6.61 Å². The van der Waals surface area contributed by atoms with Crippen LogP contribution < -0.4 is 20.7 Å². The Hall–Kier alpha value is -2.38. The average Bonchev–Trinajstić information content (AvgIpc) is 2.71. The summed E-state index contributed by atoms with van der Waals surface area (Å²) >= 11 is 0. The van der Waals surface area contributed by atoms with Gasteiger partial charge in [-0.25, -0.2) is 4.99 Å². The minimum absolute atomic E-state index is 0.127. The van der Waals surface area contributed by atoms with E-state index >= 15 is 0 Å². The Morgan fingerprint density at radius 3 is 2.59 bits per heavy atom. The summed E-state index contributed by atoms with van der Waals surface area (Å²) in [6, 6.07) is 5.05. The molecule has 0 atom stereocenters. The summed E-state index contributed by atoms with van der Waals surface area (Å²) in [5.74, 6) is 0.955. The highest BCUT2D eigenvalue weighted by Gasteiger charge is 2.20. The van der Waals surface area contributed by atoms with E-state index in [0.29, 0.717) is 31.2 Å². The number of alkyl halides is 2. The molecule has 6 nitrogen and oxygen atoms in total. The van der Waals surface area contributed by atoms with Crippen LogP contribution in [0.5, 0.6) is 5.75 Å². The molecule has 2 rings (SSSR count). The molecule has 0 aliphatic heterocycles. The number of nitrogens with one attached hydrogen (secondary N) is 3. The van der Waals surface area contributed by atoms with E-state index in [4.69, 9.17) is 0 Å². The predicted molar refractivity (Wildman–Crippen MR) is 110 cm³/mol. The zero-order valence-corrected chi connectivity index (χ0v) is 17.3. The molecule has 0 bridgehead atoms. The third-order valence-corrected chi connectivity index (χ3v) is 4.88. The molecule has 1 fully saturated rings. The first kappa shape index (κ1) is 22.9. The lowest BCUT2D eigenvalue weighted by Gasteiger charge is -2.21. The van der Waals surface area contributed by atoms with E-state index in [0.717, 1.165) is 31.2 Å². The molecule has 0 spiro atoms. The van der Waals surface area contributed by atoms with Crippen molar-refractivity contribution in [1.29, 1.82) is 0 Å². The number of rotatable bonds is 9. The van der Waals surface area contributed by atoms with Crippen LogP contribution in [-0.4, -0.2) is 38.1 Å². The van der Waals surface area contributed by atoms with Gasteiger partial charge < -0.3 is 20.7 Å². The van der Waals surface area contributed by atoms with Crippen molar-refractivity contribution in [3.05, 3.63) is 29.3 Å². The molecule has 8 heteroatoms. The number of ether oxygens (including phenoxy) is 1. The number of nitrogens with zero attached hydrogens (tertiary/aromatic N) is 1. The second kappa shape index (κ2) is 12.2. The molecule has 3 N–H and O–H groups in total. The van der Waals surface area contributed by atoms with Gasteiger partial charge in [-0.05, 0) is 32.8 Å². The number of hydrogen-bond acceptors (Lipinski definition) is 3. The molecule has 0 heterocycles. The fraction of sp³-hybridized carbons (Fsp3) is 0.619. The zero-order chi connectivity index (χ0) is 21.1. The molecule has 0 aromatic heterocycles. The van der Waals surface area contributed by atoms with Crippen LogP contribution in [0.3, 0.4) is 0 Å². The first-order valence-electron chi connectivity index (χ1n) is 10.3. The van der Waals surface area contributed by atoms with E-state index in [1.165, 1.54) is 12.5 Å². The van der Waals surface area contributed by atoms with Crippen molar-refractivity contribution in [1.82, 2.24) is 16.0 Å². The Labute approximate surface area is 171 Å². The van der Waals surface area contributed by atoms with E-state index in [1.54, 1.807) is 12.1 Å². The molecule has 1 amide bonds. The smallest absolute Gasteiger partial charge is 0.387 e. The Morgan fingerprint density at radius 2 is 1.90 bits per heavy atom. The quantitative estimate of drug-likeness (QED) is 0.332. The van der Waals surface area contributed by atoms with Crippen molar-refractivity contribution < 1.29 is 18.3 Å². The monoisotopic (exact) mass is 410 g/mol. The van der Waals surface area contributed by atoms with E-state index in [-0.39, 0.29) is 24.1 Å². The van der Waals surface area contributed by atoms with Crippen molar-refractivity contribution >= 4 is 11.9 Å². The third-order valence-electron chi connectivity index (χ3n) is 4.88. The number of guanidine groups is 1. The standard InChI is InChI=1S/C21H32F2N4O2/c1-3-24-21(26-12-11-25-19(28)16-7-5-4-6-8-16)27-14-17-13-15(2)9-10-18(17)29-20(22)23/h9-10,13,16,20H,3-8,11-12,14H2,1-2H3,(H,25,28)(H2,24,26,27). The van der Waals surface area contributed by atoms with Crippen LogP contribution >= 0.6 is 0 Å². The second-order valence-electron chi connectivity index (χ2n) is 7.24. The maximum atomic E-state index is 12.6. The van der Waals surface area contributed by atoms with Crippen molar-refractivity contribution in [2.75, 3.05) is 19.6 Å². The lowest BCUT2D eigenvalue weighted by atomic mass is 9.89. The van der Waals surface area contributed by atoms with Crippen LogP contribution in [0.25, 0.3) is 0 Å². The Kier molecular flexibility index (Phi) is 9.67. The van der Waals surface area contributed by atoms with Gasteiger partial charge in [0.2, 0.25) is 5.91 Å². The number of amides is 1. The molecule has 162 valence electrons. The van der Waals surface area contributed by atoms with Gasteiger partial charge in [-0.3, -0.25) is 4.79 Å². The van der Waals surface area contributed by atoms with Crippen LogP contribution in [0.15, 0.2) is 23.2 Å². The Bertz CT molecular complexity index is 677. The van der Waals surface area contributed by atoms with Crippen LogP contribution in [0.1, 0.15) is 50.2 Å². The maximum Gasteiger partial charge on any atom is 0.387 e. The molecule has 1 saturated carbocycles. The first-order valence-corrected chi connectivity index (χ1v) is 10.3. The number of benzene rings is 1. The van der Waals surface area contributed by atoms with Gasteiger partial charge in [0.25, 0.3) is 0 Å². The molecule has 1 aliphatic rings. The minimum atomic E-state index is -2.88. The highest BCUT2D eigenvalue weighted by molar-refractivity contribution is 5.80. The van der Waals surface area contributed by atoms with Gasteiger partial charge in [-0.15, -0.1) is 0 Å². The first-order chi connectivity index (χ1) is 14.0. The van der Waals surface area contributed by atoms with Crippen molar-refractivity contribution in [3.63, 3.8) is 0 Å². The normalized spacial score (nSPS) is 15.3. The minimum Gasteiger partial charge on any atom is -0.434 e.